The van der Waals surface area contributed by atoms with Crippen molar-refractivity contribution < 1.29 is 9.59 Å². The van der Waals surface area contributed by atoms with Crippen LogP contribution in [0.2, 0.25) is 0 Å². The average Bonchev–Trinajstić information content (AvgIpc) is 2.46. The molecule has 0 saturated carbocycles. The Morgan fingerprint density at radius 1 is 1.35 bits per heavy atom. The minimum absolute atomic E-state index is 0.0505. The number of nitrogens with zero attached hydrogens (tertiary/aromatic N) is 2. The Hall–Kier alpha value is -2.35. The molecule has 1 unspecified atom stereocenters. The lowest BCUT2D eigenvalue weighted by Gasteiger charge is -2.20. The van der Waals surface area contributed by atoms with E-state index in [1.807, 2.05) is 6.07 Å². The van der Waals surface area contributed by atoms with Gasteiger partial charge in [-0.25, -0.2) is 0 Å². The van der Waals surface area contributed by atoms with Crippen LogP contribution in [0.5, 0.6) is 0 Å². The second kappa shape index (κ2) is 7.29. The largest absolute Gasteiger partial charge is 0.359 e. The zero-order chi connectivity index (χ0) is 15.1. The van der Waals surface area contributed by atoms with Crippen LogP contribution < -0.4 is 5.32 Å². The minimum atomic E-state index is -0.241. The molecular weight excluding hydrogens is 254 g/mol. The predicted molar refractivity (Wildman–Crippen MR) is 75.7 cm³/mol. The lowest BCUT2D eigenvalue weighted by molar-refractivity contribution is -0.131. The summed E-state index contributed by atoms with van der Waals surface area (Å²) >= 11 is 0. The van der Waals surface area contributed by atoms with Gasteiger partial charge in [0.05, 0.1) is 24.0 Å². The lowest BCUT2D eigenvalue weighted by atomic mass is 10.1. The Kier molecular flexibility index (Phi) is 5.73. The Morgan fingerprint density at radius 3 is 2.45 bits per heavy atom. The highest BCUT2D eigenvalue weighted by Gasteiger charge is 2.17. The van der Waals surface area contributed by atoms with Crippen molar-refractivity contribution in [1.82, 2.24) is 10.2 Å². The van der Waals surface area contributed by atoms with E-state index >= 15 is 0 Å². The molecule has 0 aliphatic heterocycles. The third-order valence-electron chi connectivity index (χ3n) is 3.11. The molecule has 0 fully saturated rings. The molecule has 1 aromatic rings. The molecule has 0 spiro atoms. The molecule has 5 heteroatoms. The fourth-order valence-corrected chi connectivity index (χ4v) is 1.85. The molecule has 1 atom stereocenters. The van der Waals surface area contributed by atoms with Crippen molar-refractivity contribution in [2.75, 3.05) is 20.6 Å². The molecule has 1 N–H and O–H groups in total. The maximum atomic E-state index is 12.0. The number of hydrogen-bond donors (Lipinski definition) is 1. The van der Waals surface area contributed by atoms with Crippen LogP contribution in [-0.2, 0) is 16.0 Å². The summed E-state index contributed by atoms with van der Waals surface area (Å²) in [6, 6.07) is 8.96. The fraction of sp³-hybridized carbons (Fsp3) is 0.400. The first-order valence-corrected chi connectivity index (χ1v) is 6.42. The van der Waals surface area contributed by atoms with Crippen molar-refractivity contribution in [3.05, 3.63) is 35.4 Å². The molecule has 1 aromatic carbocycles. The van der Waals surface area contributed by atoms with Gasteiger partial charge >= 0.3 is 0 Å². The number of carbonyl (C=O) groups is 2. The predicted octanol–water partition coefficient (Wildman–Crippen LogP) is 0.941. The standard InChI is InChI=1S/C15H19N3O2/c1-11(15(20)17-2)10-18(3)14(19)8-12-4-6-13(9-16)7-5-12/h4-7,11H,8,10H2,1-3H3,(H,17,20). The molecule has 106 valence electrons. The van der Waals surface area contributed by atoms with Gasteiger partial charge < -0.3 is 10.2 Å². The smallest absolute Gasteiger partial charge is 0.226 e. The Balaban J connectivity index is 2.57. The van der Waals surface area contributed by atoms with Gasteiger partial charge in [0.25, 0.3) is 0 Å². The zero-order valence-corrected chi connectivity index (χ0v) is 12.0. The van der Waals surface area contributed by atoms with Gasteiger partial charge in [0.1, 0.15) is 0 Å². The van der Waals surface area contributed by atoms with Gasteiger partial charge in [-0.3, -0.25) is 9.59 Å². The van der Waals surface area contributed by atoms with Crippen molar-refractivity contribution in [3.8, 4) is 6.07 Å². The number of carbonyl (C=O) groups excluding carboxylic acids is 2. The van der Waals surface area contributed by atoms with E-state index in [0.717, 1.165) is 5.56 Å². The minimum Gasteiger partial charge on any atom is -0.359 e. The molecular formula is C15H19N3O2. The van der Waals surface area contributed by atoms with Gasteiger partial charge in [-0.2, -0.15) is 5.26 Å². The molecule has 0 saturated heterocycles. The molecule has 0 aliphatic carbocycles. The van der Waals surface area contributed by atoms with Gasteiger partial charge in [0, 0.05) is 20.6 Å². The number of hydrogen-bond acceptors (Lipinski definition) is 3. The first-order valence-electron chi connectivity index (χ1n) is 6.42. The SMILES string of the molecule is CNC(=O)C(C)CN(C)C(=O)Cc1ccc(C#N)cc1. The zero-order valence-electron chi connectivity index (χ0n) is 12.0. The summed E-state index contributed by atoms with van der Waals surface area (Å²) in [6.45, 7) is 2.17. The van der Waals surface area contributed by atoms with E-state index in [9.17, 15) is 9.59 Å². The van der Waals surface area contributed by atoms with Crippen molar-refractivity contribution in [2.45, 2.75) is 13.3 Å². The van der Waals surface area contributed by atoms with Gasteiger partial charge in [-0.1, -0.05) is 19.1 Å². The quantitative estimate of drug-likeness (QED) is 0.867. The fourth-order valence-electron chi connectivity index (χ4n) is 1.85. The number of likely N-dealkylation sites (N-methyl/N-ethyl adjacent to an activating group) is 1. The lowest BCUT2D eigenvalue weighted by Crippen LogP contribution is -2.37. The number of benzene rings is 1. The molecule has 5 nitrogen and oxygen atoms in total. The summed E-state index contributed by atoms with van der Waals surface area (Å²) in [5.41, 5.74) is 1.43. The van der Waals surface area contributed by atoms with Crippen LogP contribution in [0.15, 0.2) is 24.3 Å². The van der Waals surface area contributed by atoms with Crippen LogP contribution in [0.4, 0.5) is 0 Å². The average molecular weight is 273 g/mol. The molecule has 0 heterocycles. The van der Waals surface area contributed by atoms with E-state index in [-0.39, 0.29) is 24.2 Å². The summed E-state index contributed by atoms with van der Waals surface area (Å²) in [5, 5.41) is 11.3. The molecule has 20 heavy (non-hydrogen) atoms. The van der Waals surface area contributed by atoms with E-state index in [0.29, 0.717) is 12.1 Å². The molecule has 0 bridgehead atoms. The number of rotatable bonds is 5. The Labute approximate surface area is 119 Å². The third kappa shape index (κ3) is 4.39. The third-order valence-corrected chi connectivity index (χ3v) is 3.11. The highest BCUT2D eigenvalue weighted by atomic mass is 16.2. The first-order chi connectivity index (χ1) is 9.47. The van der Waals surface area contributed by atoms with E-state index in [4.69, 9.17) is 5.26 Å². The van der Waals surface area contributed by atoms with Gasteiger partial charge in [-0.05, 0) is 17.7 Å². The van der Waals surface area contributed by atoms with E-state index in [2.05, 4.69) is 5.32 Å². The second-order valence-corrected chi connectivity index (χ2v) is 4.78. The topological polar surface area (TPSA) is 73.2 Å². The van der Waals surface area contributed by atoms with Gasteiger partial charge in [0.2, 0.25) is 11.8 Å². The van der Waals surface area contributed by atoms with Gasteiger partial charge in [-0.15, -0.1) is 0 Å². The monoisotopic (exact) mass is 273 g/mol. The summed E-state index contributed by atoms with van der Waals surface area (Å²) in [7, 11) is 3.27. The summed E-state index contributed by atoms with van der Waals surface area (Å²) in [6.07, 6.45) is 0.267. The summed E-state index contributed by atoms with van der Waals surface area (Å²) in [5.74, 6) is -0.372. The maximum absolute atomic E-state index is 12.0. The summed E-state index contributed by atoms with van der Waals surface area (Å²) in [4.78, 5) is 25.0. The van der Waals surface area contributed by atoms with E-state index < -0.39 is 0 Å². The highest BCUT2D eigenvalue weighted by Crippen LogP contribution is 2.07. The summed E-state index contributed by atoms with van der Waals surface area (Å²) < 4.78 is 0. The van der Waals surface area contributed by atoms with Crippen molar-refractivity contribution >= 4 is 11.8 Å². The van der Waals surface area contributed by atoms with E-state index in [1.54, 1.807) is 50.2 Å². The highest BCUT2D eigenvalue weighted by molar-refractivity contribution is 5.81. The second-order valence-electron chi connectivity index (χ2n) is 4.78. The van der Waals surface area contributed by atoms with Crippen LogP contribution in [0.1, 0.15) is 18.1 Å². The van der Waals surface area contributed by atoms with Crippen LogP contribution in [-0.4, -0.2) is 37.4 Å². The molecule has 2 amide bonds. The molecule has 0 radical (unpaired) electrons. The molecule has 1 rings (SSSR count). The number of nitriles is 1. The van der Waals surface area contributed by atoms with Gasteiger partial charge in [0.15, 0.2) is 0 Å². The Bertz CT molecular complexity index is 517. The maximum Gasteiger partial charge on any atom is 0.226 e. The first kappa shape index (κ1) is 15.7. The van der Waals surface area contributed by atoms with Crippen molar-refractivity contribution in [1.29, 1.82) is 5.26 Å². The van der Waals surface area contributed by atoms with Crippen LogP contribution in [0.25, 0.3) is 0 Å². The van der Waals surface area contributed by atoms with Crippen molar-refractivity contribution in [3.63, 3.8) is 0 Å². The van der Waals surface area contributed by atoms with Crippen LogP contribution >= 0.6 is 0 Å². The molecule has 0 aliphatic rings. The van der Waals surface area contributed by atoms with Crippen LogP contribution in [0.3, 0.4) is 0 Å². The van der Waals surface area contributed by atoms with Crippen LogP contribution in [0, 0.1) is 17.2 Å². The number of nitrogens with one attached hydrogen (secondary N) is 1. The normalized spacial score (nSPS) is 11.3. The van der Waals surface area contributed by atoms with Crippen molar-refractivity contribution in [2.24, 2.45) is 5.92 Å². The Morgan fingerprint density at radius 2 is 1.95 bits per heavy atom. The molecule has 0 aromatic heterocycles. The number of amides is 2. The van der Waals surface area contributed by atoms with E-state index in [1.165, 1.54) is 0 Å².